The molecule has 0 aromatic heterocycles. The molecule has 0 aliphatic heterocycles. The van der Waals surface area contributed by atoms with Crippen molar-refractivity contribution in [3.05, 3.63) is 0 Å². The van der Waals surface area contributed by atoms with Crippen LogP contribution >= 0.6 is 0 Å². The molecule has 96 valence electrons. The highest BCUT2D eigenvalue weighted by atomic mass is 16.2. The smallest absolute Gasteiger partial charge is 0.223 e. The molecule has 0 fully saturated rings. The number of rotatable bonds is 7. The van der Waals surface area contributed by atoms with E-state index in [4.69, 9.17) is 0 Å². The molecule has 0 aromatic carbocycles. The number of nitrogens with zero attached hydrogens (tertiary/aromatic N) is 1. The minimum absolute atomic E-state index is 0.258. The summed E-state index contributed by atoms with van der Waals surface area (Å²) in [4.78, 5) is 13.5. The Bertz CT molecular complexity index is 193. The van der Waals surface area contributed by atoms with Gasteiger partial charge in [0.25, 0.3) is 0 Å². The third-order valence-corrected chi connectivity index (χ3v) is 2.68. The van der Waals surface area contributed by atoms with Crippen LogP contribution in [0.3, 0.4) is 0 Å². The molecule has 3 heteroatoms. The van der Waals surface area contributed by atoms with Gasteiger partial charge in [0.05, 0.1) is 0 Å². The van der Waals surface area contributed by atoms with E-state index in [9.17, 15) is 4.79 Å². The van der Waals surface area contributed by atoms with E-state index in [2.05, 4.69) is 26.1 Å². The Labute approximate surface area is 101 Å². The van der Waals surface area contributed by atoms with Crippen molar-refractivity contribution in [3.8, 4) is 0 Å². The van der Waals surface area contributed by atoms with Gasteiger partial charge >= 0.3 is 0 Å². The molecule has 0 saturated carbocycles. The summed E-state index contributed by atoms with van der Waals surface area (Å²) in [5, 5.41) is 3.33. The molecule has 0 unspecified atom stereocenters. The second-order valence-corrected chi connectivity index (χ2v) is 5.38. The molecule has 0 heterocycles. The highest BCUT2D eigenvalue weighted by Gasteiger charge is 2.10. The van der Waals surface area contributed by atoms with Crippen molar-refractivity contribution in [2.24, 2.45) is 5.41 Å². The Morgan fingerprint density at radius 3 is 2.12 bits per heavy atom. The molecule has 1 N–H and O–H groups in total. The monoisotopic (exact) mass is 228 g/mol. The van der Waals surface area contributed by atoms with Crippen LogP contribution in [-0.2, 0) is 4.79 Å². The van der Waals surface area contributed by atoms with Gasteiger partial charge in [0.1, 0.15) is 0 Å². The van der Waals surface area contributed by atoms with E-state index in [1.165, 1.54) is 0 Å². The third-order valence-electron chi connectivity index (χ3n) is 2.68. The van der Waals surface area contributed by atoms with Crippen molar-refractivity contribution in [2.75, 3.05) is 26.2 Å². The minimum Gasteiger partial charge on any atom is -0.343 e. The fourth-order valence-electron chi connectivity index (χ4n) is 1.52. The van der Waals surface area contributed by atoms with Gasteiger partial charge in [0.15, 0.2) is 0 Å². The zero-order chi connectivity index (χ0) is 12.6. The summed E-state index contributed by atoms with van der Waals surface area (Å²) in [5.74, 6) is 0.258. The summed E-state index contributed by atoms with van der Waals surface area (Å²) >= 11 is 0. The lowest BCUT2D eigenvalue weighted by atomic mass is 9.92. The number of amides is 1. The molecule has 0 rings (SSSR count). The van der Waals surface area contributed by atoms with Crippen LogP contribution in [0.15, 0.2) is 0 Å². The van der Waals surface area contributed by atoms with E-state index in [1.807, 2.05) is 18.7 Å². The van der Waals surface area contributed by atoms with Crippen LogP contribution in [0.25, 0.3) is 0 Å². The number of carbonyl (C=O) groups excluding carboxylic acids is 1. The SMILES string of the molecule is CCN(CC)C(=O)CCNCCC(C)(C)C. The predicted octanol–water partition coefficient (Wildman–Crippen LogP) is 2.27. The van der Waals surface area contributed by atoms with E-state index < -0.39 is 0 Å². The van der Waals surface area contributed by atoms with Gasteiger partial charge in [-0.25, -0.2) is 0 Å². The van der Waals surface area contributed by atoms with Gasteiger partial charge in [-0.15, -0.1) is 0 Å². The van der Waals surface area contributed by atoms with Crippen LogP contribution in [0.1, 0.15) is 47.5 Å². The minimum atomic E-state index is 0.258. The van der Waals surface area contributed by atoms with Crippen molar-refractivity contribution in [1.82, 2.24) is 10.2 Å². The first kappa shape index (κ1) is 15.4. The number of hydrogen-bond donors (Lipinski definition) is 1. The zero-order valence-electron chi connectivity index (χ0n) is 11.6. The molecule has 3 nitrogen and oxygen atoms in total. The standard InChI is InChI=1S/C13H28N2O/c1-6-15(7-2)12(16)8-10-14-11-9-13(3,4)5/h14H,6-11H2,1-5H3. The summed E-state index contributed by atoms with van der Waals surface area (Å²) in [6.45, 7) is 14.2. The second-order valence-electron chi connectivity index (χ2n) is 5.38. The number of nitrogens with one attached hydrogen (secondary N) is 1. The molecule has 0 saturated heterocycles. The van der Waals surface area contributed by atoms with Gasteiger partial charge in [-0.05, 0) is 32.2 Å². The van der Waals surface area contributed by atoms with Gasteiger partial charge in [0, 0.05) is 26.1 Å². The lowest BCUT2D eigenvalue weighted by Crippen LogP contribution is -2.33. The topological polar surface area (TPSA) is 32.3 Å². The quantitative estimate of drug-likeness (QED) is 0.678. The van der Waals surface area contributed by atoms with Crippen molar-refractivity contribution in [1.29, 1.82) is 0 Å². The molecule has 1 amide bonds. The molecular formula is C13H28N2O. The maximum absolute atomic E-state index is 11.7. The van der Waals surface area contributed by atoms with Crippen LogP contribution in [0.2, 0.25) is 0 Å². The molecule has 0 aliphatic rings. The van der Waals surface area contributed by atoms with Crippen LogP contribution < -0.4 is 5.32 Å². The zero-order valence-corrected chi connectivity index (χ0v) is 11.6. The fraction of sp³-hybridized carbons (Fsp3) is 0.923. The van der Waals surface area contributed by atoms with Crippen LogP contribution in [-0.4, -0.2) is 37.0 Å². The van der Waals surface area contributed by atoms with E-state index in [-0.39, 0.29) is 5.91 Å². The molecule has 16 heavy (non-hydrogen) atoms. The average Bonchev–Trinajstić information content (AvgIpc) is 2.17. The molecule has 0 aromatic rings. The Kier molecular flexibility index (Phi) is 7.39. The predicted molar refractivity (Wildman–Crippen MR) is 69.5 cm³/mol. The molecule has 0 aliphatic carbocycles. The van der Waals surface area contributed by atoms with Gasteiger partial charge < -0.3 is 10.2 Å². The first-order valence-corrected chi connectivity index (χ1v) is 6.39. The first-order valence-electron chi connectivity index (χ1n) is 6.39. The van der Waals surface area contributed by atoms with Crippen molar-refractivity contribution >= 4 is 5.91 Å². The van der Waals surface area contributed by atoms with Gasteiger partial charge in [0.2, 0.25) is 5.91 Å². The summed E-state index contributed by atoms with van der Waals surface area (Å²) in [6.07, 6.45) is 1.76. The highest BCUT2D eigenvalue weighted by Crippen LogP contribution is 2.16. The lowest BCUT2D eigenvalue weighted by Gasteiger charge is -2.20. The summed E-state index contributed by atoms with van der Waals surface area (Å²) in [7, 11) is 0. The van der Waals surface area contributed by atoms with Crippen LogP contribution in [0.4, 0.5) is 0 Å². The van der Waals surface area contributed by atoms with E-state index in [0.29, 0.717) is 11.8 Å². The summed E-state index contributed by atoms with van der Waals surface area (Å²) in [6, 6.07) is 0. The third kappa shape index (κ3) is 7.69. The molecular weight excluding hydrogens is 200 g/mol. The highest BCUT2D eigenvalue weighted by molar-refractivity contribution is 5.76. The molecule has 0 radical (unpaired) electrons. The van der Waals surface area contributed by atoms with Crippen molar-refractivity contribution in [2.45, 2.75) is 47.5 Å². The summed E-state index contributed by atoms with van der Waals surface area (Å²) < 4.78 is 0. The number of hydrogen-bond acceptors (Lipinski definition) is 2. The maximum atomic E-state index is 11.7. The van der Waals surface area contributed by atoms with Crippen LogP contribution in [0.5, 0.6) is 0 Å². The molecule has 0 bridgehead atoms. The number of carbonyl (C=O) groups is 1. The van der Waals surface area contributed by atoms with Crippen molar-refractivity contribution in [3.63, 3.8) is 0 Å². The van der Waals surface area contributed by atoms with E-state index in [1.54, 1.807) is 0 Å². The Morgan fingerprint density at radius 1 is 1.12 bits per heavy atom. The maximum Gasteiger partial charge on any atom is 0.223 e. The fourth-order valence-corrected chi connectivity index (χ4v) is 1.52. The Morgan fingerprint density at radius 2 is 1.69 bits per heavy atom. The average molecular weight is 228 g/mol. The van der Waals surface area contributed by atoms with Gasteiger partial charge in [-0.3, -0.25) is 4.79 Å². The van der Waals surface area contributed by atoms with Gasteiger partial charge in [-0.2, -0.15) is 0 Å². The molecule has 0 spiro atoms. The lowest BCUT2D eigenvalue weighted by molar-refractivity contribution is -0.130. The normalized spacial score (nSPS) is 11.6. The first-order chi connectivity index (χ1) is 7.40. The summed E-state index contributed by atoms with van der Waals surface area (Å²) in [5.41, 5.74) is 0.371. The van der Waals surface area contributed by atoms with E-state index in [0.717, 1.165) is 32.6 Å². The largest absolute Gasteiger partial charge is 0.343 e. The Balaban J connectivity index is 3.55. The Hall–Kier alpha value is -0.570. The van der Waals surface area contributed by atoms with Crippen LogP contribution in [0, 0.1) is 5.41 Å². The van der Waals surface area contributed by atoms with Crippen molar-refractivity contribution < 1.29 is 4.79 Å². The molecule has 0 atom stereocenters. The second kappa shape index (κ2) is 7.66. The van der Waals surface area contributed by atoms with E-state index >= 15 is 0 Å². The van der Waals surface area contributed by atoms with Gasteiger partial charge in [-0.1, -0.05) is 20.8 Å².